The van der Waals surface area contributed by atoms with Crippen molar-refractivity contribution in [3.8, 4) is 0 Å². The van der Waals surface area contributed by atoms with Gasteiger partial charge in [-0.15, -0.1) is 0 Å². The van der Waals surface area contributed by atoms with Crippen molar-refractivity contribution in [2.75, 3.05) is 0 Å². The number of allylic oxidation sites excluding steroid dienone is 4. The van der Waals surface area contributed by atoms with Gasteiger partial charge in [0.15, 0.2) is 0 Å². The van der Waals surface area contributed by atoms with Gasteiger partial charge in [0, 0.05) is 0 Å². The maximum atomic E-state index is 2.38. The van der Waals surface area contributed by atoms with Gasteiger partial charge in [-0.2, -0.15) is 0 Å². The van der Waals surface area contributed by atoms with Gasteiger partial charge in [-0.25, -0.2) is 0 Å². The molecule has 0 spiro atoms. The molecule has 0 nitrogen and oxygen atoms in total. The minimum absolute atomic E-state index is 0.832. The lowest BCUT2D eigenvalue weighted by Crippen LogP contribution is -2.17. The third-order valence-electron chi connectivity index (χ3n) is 2.50. The normalized spacial score (nSPS) is 37.6. The van der Waals surface area contributed by atoms with Crippen LogP contribution in [0.25, 0.3) is 0 Å². The second-order valence-corrected chi connectivity index (χ2v) is 3.19. The van der Waals surface area contributed by atoms with Crippen LogP contribution in [0.1, 0.15) is 19.3 Å². The molecule has 2 atom stereocenters. The van der Waals surface area contributed by atoms with Crippen LogP contribution in [0, 0.1) is 18.3 Å². The molecule has 0 heterocycles. The van der Waals surface area contributed by atoms with Crippen molar-refractivity contribution in [2.45, 2.75) is 19.3 Å². The Morgan fingerprint density at radius 2 is 2.10 bits per heavy atom. The quantitative estimate of drug-likeness (QED) is 0.446. The first kappa shape index (κ1) is 6.21. The summed E-state index contributed by atoms with van der Waals surface area (Å²) < 4.78 is 0. The fraction of sp³-hybridized carbons (Fsp3) is 0.500. The molecule has 0 amide bonds. The maximum absolute atomic E-state index is 2.38. The second kappa shape index (κ2) is 2.61. The fourth-order valence-electron chi connectivity index (χ4n) is 1.87. The molecule has 0 heteroatoms. The predicted molar refractivity (Wildman–Crippen MR) is 43.4 cm³/mol. The zero-order valence-electron chi connectivity index (χ0n) is 6.16. The van der Waals surface area contributed by atoms with E-state index in [2.05, 4.69) is 30.7 Å². The van der Waals surface area contributed by atoms with E-state index in [0.717, 1.165) is 11.8 Å². The molecule has 0 aliphatic heterocycles. The van der Waals surface area contributed by atoms with E-state index in [-0.39, 0.29) is 0 Å². The molecule has 0 fully saturated rings. The molecule has 0 aromatic carbocycles. The van der Waals surface area contributed by atoms with Crippen LogP contribution in [0.4, 0.5) is 0 Å². The van der Waals surface area contributed by atoms with Gasteiger partial charge in [0.05, 0.1) is 0 Å². The van der Waals surface area contributed by atoms with Crippen molar-refractivity contribution in [1.82, 2.24) is 0 Å². The van der Waals surface area contributed by atoms with Gasteiger partial charge >= 0.3 is 0 Å². The lowest BCUT2D eigenvalue weighted by atomic mass is 9.77. The third kappa shape index (κ3) is 1.03. The number of hydrogen-bond acceptors (Lipinski definition) is 0. The maximum Gasteiger partial charge on any atom is -0.0133 e. The van der Waals surface area contributed by atoms with E-state index in [1.165, 1.54) is 19.3 Å². The Hall–Kier alpha value is -0.520. The van der Waals surface area contributed by atoms with E-state index in [0.29, 0.717) is 0 Å². The SMILES string of the molecule is [CH]1C=CCC2C=CCCC12. The molecular weight excluding hydrogens is 120 g/mol. The highest BCUT2D eigenvalue weighted by Crippen LogP contribution is 2.32. The average Bonchev–Trinajstić information content (AvgIpc) is 2.05. The van der Waals surface area contributed by atoms with Crippen LogP contribution in [-0.2, 0) is 0 Å². The van der Waals surface area contributed by atoms with Gasteiger partial charge in [0.2, 0.25) is 0 Å². The zero-order chi connectivity index (χ0) is 6.81. The Bertz CT molecular complexity index is 165. The Morgan fingerprint density at radius 1 is 1.10 bits per heavy atom. The van der Waals surface area contributed by atoms with Gasteiger partial charge in [-0.3, -0.25) is 0 Å². The molecule has 2 aliphatic carbocycles. The number of hydrogen-bond donors (Lipinski definition) is 0. The Kier molecular flexibility index (Phi) is 1.62. The molecule has 10 heavy (non-hydrogen) atoms. The summed E-state index contributed by atoms with van der Waals surface area (Å²) in [6.07, 6.45) is 15.5. The van der Waals surface area contributed by atoms with Crippen molar-refractivity contribution in [3.63, 3.8) is 0 Å². The van der Waals surface area contributed by atoms with Crippen LogP contribution in [0.3, 0.4) is 0 Å². The molecule has 53 valence electrons. The summed E-state index contributed by atoms with van der Waals surface area (Å²) in [7, 11) is 0. The highest BCUT2D eigenvalue weighted by molar-refractivity contribution is 5.13. The lowest BCUT2D eigenvalue weighted by molar-refractivity contribution is 0.404. The molecule has 0 N–H and O–H groups in total. The van der Waals surface area contributed by atoms with Gasteiger partial charge in [-0.1, -0.05) is 24.3 Å². The van der Waals surface area contributed by atoms with Gasteiger partial charge in [-0.05, 0) is 37.5 Å². The Labute approximate surface area is 62.6 Å². The molecule has 2 rings (SSSR count). The van der Waals surface area contributed by atoms with Crippen molar-refractivity contribution in [3.05, 3.63) is 30.7 Å². The molecule has 1 radical (unpaired) electrons. The summed E-state index contributed by atoms with van der Waals surface area (Å²) in [5.41, 5.74) is 0. The minimum Gasteiger partial charge on any atom is -0.0882 e. The van der Waals surface area contributed by atoms with Crippen molar-refractivity contribution in [2.24, 2.45) is 11.8 Å². The molecule has 2 unspecified atom stereocenters. The standard InChI is InChI=1S/C10H13/c1-2-6-10-8-4-3-7-9(10)5-1/h1-3,6-7,9-10H,4-5,8H2. The summed E-state index contributed by atoms with van der Waals surface area (Å²) in [5.74, 6) is 1.69. The highest BCUT2D eigenvalue weighted by atomic mass is 14.3. The first-order valence-electron chi connectivity index (χ1n) is 4.13. The van der Waals surface area contributed by atoms with Crippen LogP contribution in [-0.4, -0.2) is 0 Å². The summed E-state index contributed by atoms with van der Waals surface area (Å²) in [4.78, 5) is 0. The van der Waals surface area contributed by atoms with E-state index in [9.17, 15) is 0 Å². The van der Waals surface area contributed by atoms with Crippen molar-refractivity contribution >= 4 is 0 Å². The topological polar surface area (TPSA) is 0 Å². The smallest absolute Gasteiger partial charge is 0.0133 e. The summed E-state index contributed by atoms with van der Waals surface area (Å²) in [6.45, 7) is 0. The van der Waals surface area contributed by atoms with Crippen molar-refractivity contribution < 1.29 is 0 Å². The highest BCUT2D eigenvalue weighted by Gasteiger charge is 2.21. The monoisotopic (exact) mass is 133 g/mol. The molecule has 0 saturated carbocycles. The van der Waals surface area contributed by atoms with Crippen LogP contribution < -0.4 is 0 Å². The van der Waals surface area contributed by atoms with Gasteiger partial charge in [0.25, 0.3) is 0 Å². The second-order valence-electron chi connectivity index (χ2n) is 3.19. The average molecular weight is 133 g/mol. The predicted octanol–water partition coefficient (Wildman–Crippen LogP) is 2.73. The Morgan fingerprint density at radius 3 is 3.00 bits per heavy atom. The first-order chi connectivity index (χ1) is 4.97. The van der Waals surface area contributed by atoms with Crippen LogP contribution >= 0.6 is 0 Å². The van der Waals surface area contributed by atoms with Crippen LogP contribution in [0.15, 0.2) is 24.3 Å². The van der Waals surface area contributed by atoms with Gasteiger partial charge in [0.1, 0.15) is 0 Å². The molecule has 0 bridgehead atoms. The van der Waals surface area contributed by atoms with Crippen LogP contribution in [0.2, 0.25) is 0 Å². The van der Waals surface area contributed by atoms with Crippen LogP contribution in [0.5, 0.6) is 0 Å². The Balaban J connectivity index is 2.12. The van der Waals surface area contributed by atoms with E-state index in [1.807, 2.05) is 0 Å². The summed E-state index contributed by atoms with van der Waals surface area (Å²) in [5, 5.41) is 0. The van der Waals surface area contributed by atoms with E-state index >= 15 is 0 Å². The molecule has 0 aromatic heterocycles. The zero-order valence-corrected chi connectivity index (χ0v) is 6.16. The molecule has 2 aliphatic rings. The fourth-order valence-corrected chi connectivity index (χ4v) is 1.87. The molecule has 0 saturated heterocycles. The van der Waals surface area contributed by atoms with Crippen molar-refractivity contribution in [1.29, 1.82) is 0 Å². The van der Waals surface area contributed by atoms with E-state index in [1.54, 1.807) is 0 Å². The third-order valence-corrected chi connectivity index (χ3v) is 2.50. The number of rotatable bonds is 0. The minimum atomic E-state index is 0.832. The lowest BCUT2D eigenvalue weighted by Gasteiger charge is -2.28. The largest absolute Gasteiger partial charge is 0.0882 e. The summed E-state index contributed by atoms with van der Waals surface area (Å²) >= 11 is 0. The molecule has 0 aromatic rings. The van der Waals surface area contributed by atoms with Gasteiger partial charge < -0.3 is 0 Å². The summed E-state index contributed by atoms with van der Waals surface area (Å²) in [6, 6.07) is 0. The first-order valence-corrected chi connectivity index (χ1v) is 4.13. The van der Waals surface area contributed by atoms with E-state index in [4.69, 9.17) is 0 Å². The number of fused-ring (bicyclic) bond motifs is 1. The van der Waals surface area contributed by atoms with E-state index < -0.39 is 0 Å². The molecular formula is C10H13.